The molecule has 0 radical (unpaired) electrons. The number of hydrogen-bond donors (Lipinski definition) is 1. The van der Waals surface area contributed by atoms with E-state index in [1.54, 1.807) is 20.8 Å². The van der Waals surface area contributed by atoms with Gasteiger partial charge < -0.3 is 14.8 Å². The van der Waals surface area contributed by atoms with E-state index < -0.39 is 23.7 Å². The molecule has 1 atom stereocenters. The minimum Gasteiger partial charge on any atom is -0.459 e. The predicted octanol–water partition coefficient (Wildman–Crippen LogP) is 3.41. The van der Waals surface area contributed by atoms with Crippen molar-refractivity contribution >= 4 is 28.0 Å². The minimum atomic E-state index is -0.738. The Balaban J connectivity index is 2.54. The number of carbonyl (C=O) groups is 2. The maximum Gasteiger partial charge on any atom is 0.408 e. The van der Waals surface area contributed by atoms with Gasteiger partial charge in [0.2, 0.25) is 0 Å². The smallest absolute Gasteiger partial charge is 0.408 e. The molecule has 6 heteroatoms. The molecule has 0 aliphatic carbocycles. The van der Waals surface area contributed by atoms with Crippen molar-refractivity contribution in [3.8, 4) is 0 Å². The lowest BCUT2D eigenvalue weighted by Gasteiger charge is -2.22. The molecule has 0 saturated carbocycles. The van der Waals surface area contributed by atoms with Gasteiger partial charge in [0.05, 0.1) is 0 Å². The standard InChI is InChI=1S/C16H22BrNO4/c1-16(2,3)22-15(20)18-13(9-10-17)14(19)21-11-12-7-5-4-6-8-12/h4-8,13H,9-11H2,1-3H3,(H,18,20)/t13-/m1/s1. The highest BCUT2D eigenvalue weighted by atomic mass is 79.9. The van der Waals surface area contributed by atoms with Crippen LogP contribution in [0.2, 0.25) is 0 Å². The largest absolute Gasteiger partial charge is 0.459 e. The fourth-order valence-electron chi connectivity index (χ4n) is 1.64. The lowest BCUT2D eigenvalue weighted by Crippen LogP contribution is -2.44. The highest BCUT2D eigenvalue weighted by Crippen LogP contribution is 2.09. The number of rotatable bonds is 6. The van der Waals surface area contributed by atoms with Crippen LogP contribution in [0, 0.1) is 0 Å². The molecule has 0 spiro atoms. The number of carbonyl (C=O) groups excluding carboxylic acids is 2. The summed E-state index contributed by atoms with van der Waals surface area (Å²) < 4.78 is 10.4. The third-order valence-electron chi connectivity index (χ3n) is 2.60. The quantitative estimate of drug-likeness (QED) is 0.614. The van der Waals surface area contributed by atoms with Crippen molar-refractivity contribution in [3.05, 3.63) is 35.9 Å². The molecule has 122 valence electrons. The van der Waals surface area contributed by atoms with Gasteiger partial charge in [0.15, 0.2) is 0 Å². The van der Waals surface area contributed by atoms with Crippen LogP contribution < -0.4 is 5.32 Å². The Kier molecular flexibility index (Phi) is 7.38. The number of halogens is 1. The van der Waals surface area contributed by atoms with E-state index in [0.29, 0.717) is 11.8 Å². The van der Waals surface area contributed by atoms with Crippen LogP contribution in [0.4, 0.5) is 4.79 Å². The predicted molar refractivity (Wildman–Crippen MR) is 87.8 cm³/mol. The van der Waals surface area contributed by atoms with Gasteiger partial charge in [-0.1, -0.05) is 46.3 Å². The number of benzene rings is 1. The first kappa shape index (κ1) is 18.5. The molecule has 1 rings (SSSR count). The van der Waals surface area contributed by atoms with Crippen molar-refractivity contribution < 1.29 is 19.1 Å². The van der Waals surface area contributed by atoms with Crippen LogP contribution in [0.3, 0.4) is 0 Å². The van der Waals surface area contributed by atoms with E-state index in [1.807, 2.05) is 30.3 Å². The van der Waals surface area contributed by atoms with Crippen molar-refractivity contribution in [1.29, 1.82) is 0 Å². The van der Waals surface area contributed by atoms with Gasteiger partial charge in [-0.25, -0.2) is 9.59 Å². The Hall–Kier alpha value is -1.56. The molecule has 22 heavy (non-hydrogen) atoms. The normalized spacial score (nSPS) is 12.4. The van der Waals surface area contributed by atoms with E-state index in [9.17, 15) is 9.59 Å². The number of hydrogen-bond acceptors (Lipinski definition) is 4. The molecular formula is C16H22BrNO4. The lowest BCUT2D eigenvalue weighted by atomic mass is 10.2. The maximum absolute atomic E-state index is 12.1. The fraction of sp³-hybridized carbons (Fsp3) is 0.500. The Labute approximate surface area is 139 Å². The van der Waals surface area contributed by atoms with Crippen molar-refractivity contribution in [1.82, 2.24) is 5.32 Å². The van der Waals surface area contributed by atoms with Crippen molar-refractivity contribution in [2.75, 3.05) is 5.33 Å². The summed E-state index contributed by atoms with van der Waals surface area (Å²) in [4.78, 5) is 23.9. The summed E-state index contributed by atoms with van der Waals surface area (Å²) in [6.07, 6.45) is -0.206. The minimum absolute atomic E-state index is 0.175. The van der Waals surface area contributed by atoms with Crippen LogP contribution in [-0.4, -0.2) is 29.0 Å². The van der Waals surface area contributed by atoms with Crippen molar-refractivity contribution in [2.24, 2.45) is 0 Å². The topological polar surface area (TPSA) is 64.6 Å². The Morgan fingerprint density at radius 2 is 1.86 bits per heavy atom. The SMILES string of the molecule is CC(C)(C)OC(=O)N[C@H](CCBr)C(=O)OCc1ccccc1. The van der Waals surface area contributed by atoms with Gasteiger partial charge in [-0.15, -0.1) is 0 Å². The maximum atomic E-state index is 12.1. The number of alkyl carbamates (subject to hydrolysis) is 1. The van der Waals surface area contributed by atoms with Crippen LogP contribution in [-0.2, 0) is 20.9 Å². The third-order valence-corrected chi connectivity index (χ3v) is 3.06. The summed E-state index contributed by atoms with van der Waals surface area (Å²) in [5.41, 5.74) is 0.280. The zero-order chi connectivity index (χ0) is 16.6. The third kappa shape index (κ3) is 7.45. The summed E-state index contributed by atoms with van der Waals surface area (Å²) in [7, 11) is 0. The second-order valence-electron chi connectivity index (χ2n) is 5.77. The molecule has 1 amide bonds. The van der Waals surface area contributed by atoms with E-state index in [2.05, 4.69) is 21.2 Å². The highest BCUT2D eigenvalue weighted by molar-refractivity contribution is 9.09. The zero-order valence-corrected chi connectivity index (χ0v) is 14.7. The van der Waals surface area contributed by atoms with Gasteiger partial charge in [-0.05, 0) is 32.8 Å². The van der Waals surface area contributed by atoms with Gasteiger partial charge in [0.1, 0.15) is 18.2 Å². The number of amides is 1. The van der Waals surface area contributed by atoms with E-state index in [-0.39, 0.29) is 6.61 Å². The molecule has 0 heterocycles. The van der Waals surface area contributed by atoms with Crippen LogP contribution in [0.15, 0.2) is 30.3 Å². The van der Waals surface area contributed by atoms with Crippen molar-refractivity contribution in [3.63, 3.8) is 0 Å². The molecule has 0 unspecified atom stereocenters. The molecular weight excluding hydrogens is 350 g/mol. The van der Waals surface area contributed by atoms with Gasteiger partial charge in [0, 0.05) is 5.33 Å². The Bertz CT molecular complexity index is 485. The monoisotopic (exact) mass is 371 g/mol. The number of nitrogens with one attached hydrogen (secondary N) is 1. The molecule has 1 N–H and O–H groups in total. The summed E-state index contributed by atoms with van der Waals surface area (Å²) in [5, 5.41) is 3.11. The first-order valence-electron chi connectivity index (χ1n) is 7.08. The van der Waals surface area contributed by atoms with E-state index in [1.165, 1.54) is 0 Å². The van der Waals surface area contributed by atoms with E-state index >= 15 is 0 Å². The average molecular weight is 372 g/mol. The summed E-state index contributed by atoms with van der Waals surface area (Å²) >= 11 is 3.27. The summed E-state index contributed by atoms with van der Waals surface area (Å²) in [5.74, 6) is -0.478. The Morgan fingerprint density at radius 1 is 1.23 bits per heavy atom. The van der Waals surface area contributed by atoms with Gasteiger partial charge in [-0.2, -0.15) is 0 Å². The zero-order valence-electron chi connectivity index (χ0n) is 13.1. The first-order valence-corrected chi connectivity index (χ1v) is 8.20. The summed E-state index contributed by atoms with van der Waals surface area (Å²) in [6, 6.07) is 8.64. The van der Waals surface area contributed by atoms with Crippen molar-refractivity contribution in [2.45, 2.75) is 45.4 Å². The molecule has 0 aromatic heterocycles. The van der Waals surface area contributed by atoms with Gasteiger partial charge in [0.25, 0.3) is 0 Å². The average Bonchev–Trinajstić information content (AvgIpc) is 2.43. The van der Waals surface area contributed by atoms with E-state index in [4.69, 9.17) is 9.47 Å². The number of alkyl halides is 1. The second kappa shape index (κ2) is 8.78. The lowest BCUT2D eigenvalue weighted by molar-refractivity contribution is -0.147. The molecule has 0 saturated heterocycles. The molecule has 1 aromatic rings. The fourth-order valence-corrected chi connectivity index (χ4v) is 2.09. The number of esters is 1. The highest BCUT2D eigenvalue weighted by Gasteiger charge is 2.25. The molecule has 0 aliphatic heterocycles. The molecule has 0 aliphatic rings. The van der Waals surface area contributed by atoms with Gasteiger partial charge >= 0.3 is 12.1 Å². The second-order valence-corrected chi connectivity index (χ2v) is 6.56. The molecule has 1 aromatic carbocycles. The van der Waals surface area contributed by atoms with Crippen LogP contribution in [0.25, 0.3) is 0 Å². The molecule has 0 fully saturated rings. The Morgan fingerprint density at radius 3 is 2.41 bits per heavy atom. The van der Waals surface area contributed by atoms with Gasteiger partial charge in [-0.3, -0.25) is 0 Å². The summed E-state index contributed by atoms with van der Waals surface area (Å²) in [6.45, 7) is 5.47. The van der Waals surface area contributed by atoms with Crippen LogP contribution in [0.1, 0.15) is 32.8 Å². The molecule has 5 nitrogen and oxygen atoms in total. The number of ether oxygens (including phenoxy) is 2. The first-order chi connectivity index (χ1) is 10.3. The van der Waals surface area contributed by atoms with Crippen LogP contribution in [0.5, 0.6) is 0 Å². The van der Waals surface area contributed by atoms with E-state index in [0.717, 1.165) is 5.56 Å². The van der Waals surface area contributed by atoms with Crippen LogP contribution >= 0.6 is 15.9 Å². The molecule has 0 bridgehead atoms.